The molecular weight excluding hydrogens is 280 g/mol. The Hall–Kier alpha value is -1.88. The van der Waals surface area contributed by atoms with Gasteiger partial charge in [-0.1, -0.05) is 12.1 Å². The van der Waals surface area contributed by atoms with Gasteiger partial charge in [0.05, 0.1) is 12.1 Å². The minimum atomic E-state index is -0.723. The Morgan fingerprint density at radius 3 is 2.68 bits per heavy atom. The second kappa shape index (κ2) is 6.92. The molecule has 22 heavy (non-hydrogen) atoms. The third kappa shape index (κ3) is 5.85. The van der Waals surface area contributed by atoms with E-state index in [0.717, 1.165) is 18.4 Å². The van der Waals surface area contributed by atoms with Crippen LogP contribution < -0.4 is 10.6 Å². The van der Waals surface area contributed by atoms with Gasteiger partial charge in [0.15, 0.2) is 0 Å². The summed E-state index contributed by atoms with van der Waals surface area (Å²) in [5.41, 5.74) is 0.809. The Balaban J connectivity index is 1.84. The number of benzene rings is 1. The molecule has 1 fully saturated rings. The lowest BCUT2D eigenvalue weighted by Crippen LogP contribution is -2.37. The molecule has 1 aromatic rings. The van der Waals surface area contributed by atoms with E-state index >= 15 is 0 Å². The molecule has 0 bridgehead atoms. The number of carbonyl (C=O) groups excluding carboxylic acids is 2. The van der Waals surface area contributed by atoms with Crippen molar-refractivity contribution in [1.29, 1.82) is 0 Å². The zero-order chi connectivity index (χ0) is 16.2. The van der Waals surface area contributed by atoms with Crippen molar-refractivity contribution in [2.75, 3.05) is 6.54 Å². The van der Waals surface area contributed by atoms with E-state index in [4.69, 9.17) is 0 Å². The molecule has 120 valence electrons. The number of carbonyl (C=O) groups is 2. The molecule has 1 saturated carbocycles. The van der Waals surface area contributed by atoms with Crippen LogP contribution in [0.1, 0.15) is 49.0 Å². The molecule has 5 nitrogen and oxygen atoms in total. The molecule has 0 aliphatic heterocycles. The molecule has 1 aliphatic carbocycles. The number of aryl methyl sites for hydroxylation is 1. The van der Waals surface area contributed by atoms with Gasteiger partial charge < -0.3 is 15.7 Å². The number of rotatable bonds is 7. The van der Waals surface area contributed by atoms with Gasteiger partial charge in [-0.15, -0.1) is 0 Å². The highest BCUT2D eigenvalue weighted by Crippen LogP contribution is 2.18. The molecule has 2 rings (SSSR count). The molecule has 5 heteroatoms. The fourth-order valence-corrected chi connectivity index (χ4v) is 2.09. The standard InChI is InChI=1S/C17H24N2O3/c1-17(2,22)9-8-12-4-3-5-13(10-12)16(21)18-11-15(20)19-14-6-7-14/h3-5,10,14,22H,6-9,11H2,1-2H3,(H,18,21)(H,19,20). The highest BCUT2D eigenvalue weighted by Gasteiger charge is 2.23. The summed E-state index contributed by atoms with van der Waals surface area (Å²) >= 11 is 0. The molecule has 0 spiro atoms. The summed E-state index contributed by atoms with van der Waals surface area (Å²) in [6, 6.07) is 7.58. The van der Waals surface area contributed by atoms with Gasteiger partial charge >= 0.3 is 0 Å². The van der Waals surface area contributed by atoms with Crippen LogP contribution in [0.3, 0.4) is 0 Å². The van der Waals surface area contributed by atoms with Crippen molar-refractivity contribution >= 4 is 11.8 Å². The molecule has 0 unspecified atom stereocenters. The van der Waals surface area contributed by atoms with E-state index < -0.39 is 5.60 Å². The van der Waals surface area contributed by atoms with Gasteiger partial charge in [0, 0.05) is 11.6 Å². The Morgan fingerprint density at radius 1 is 1.32 bits per heavy atom. The predicted molar refractivity (Wildman–Crippen MR) is 84.6 cm³/mol. The molecule has 0 aromatic heterocycles. The molecule has 1 aromatic carbocycles. The number of nitrogens with one attached hydrogen (secondary N) is 2. The zero-order valence-corrected chi connectivity index (χ0v) is 13.2. The van der Waals surface area contributed by atoms with Crippen molar-refractivity contribution in [3.8, 4) is 0 Å². The van der Waals surface area contributed by atoms with E-state index in [1.165, 1.54) is 0 Å². The first kappa shape index (κ1) is 16.5. The smallest absolute Gasteiger partial charge is 0.251 e. The highest BCUT2D eigenvalue weighted by molar-refractivity contribution is 5.96. The quantitative estimate of drug-likeness (QED) is 0.712. The predicted octanol–water partition coefficient (Wildman–Crippen LogP) is 1.40. The minimum Gasteiger partial charge on any atom is -0.390 e. The molecule has 0 radical (unpaired) electrons. The summed E-state index contributed by atoms with van der Waals surface area (Å²) in [5, 5.41) is 15.2. The Morgan fingerprint density at radius 2 is 2.05 bits per heavy atom. The number of hydrogen-bond donors (Lipinski definition) is 3. The van der Waals surface area contributed by atoms with E-state index in [0.29, 0.717) is 24.4 Å². The van der Waals surface area contributed by atoms with Crippen LogP contribution >= 0.6 is 0 Å². The monoisotopic (exact) mass is 304 g/mol. The van der Waals surface area contributed by atoms with E-state index in [1.54, 1.807) is 26.0 Å². The minimum absolute atomic E-state index is 0.00321. The van der Waals surface area contributed by atoms with Crippen molar-refractivity contribution in [3.05, 3.63) is 35.4 Å². The van der Waals surface area contributed by atoms with E-state index in [1.807, 2.05) is 12.1 Å². The summed E-state index contributed by atoms with van der Waals surface area (Å²) in [6.45, 7) is 3.54. The SMILES string of the molecule is CC(C)(O)CCc1cccc(C(=O)NCC(=O)NC2CC2)c1. The number of aliphatic hydroxyl groups is 1. The van der Waals surface area contributed by atoms with Gasteiger partial charge in [-0.25, -0.2) is 0 Å². The fraction of sp³-hybridized carbons (Fsp3) is 0.529. The normalized spacial score (nSPS) is 14.5. The number of amides is 2. The molecule has 0 saturated heterocycles. The van der Waals surface area contributed by atoms with Crippen molar-refractivity contribution in [3.63, 3.8) is 0 Å². The first-order valence-corrected chi connectivity index (χ1v) is 7.72. The van der Waals surface area contributed by atoms with Crippen LogP contribution in [0.4, 0.5) is 0 Å². The van der Waals surface area contributed by atoms with Gasteiger partial charge in [-0.05, 0) is 57.2 Å². The first-order chi connectivity index (χ1) is 10.3. The second-order valence-corrected chi connectivity index (χ2v) is 6.54. The lowest BCUT2D eigenvalue weighted by molar-refractivity contribution is -0.120. The summed E-state index contributed by atoms with van der Waals surface area (Å²) in [4.78, 5) is 23.6. The van der Waals surface area contributed by atoms with Gasteiger partial charge in [-0.3, -0.25) is 9.59 Å². The fourth-order valence-electron chi connectivity index (χ4n) is 2.09. The molecular formula is C17H24N2O3. The van der Waals surface area contributed by atoms with Gasteiger partial charge in [-0.2, -0.15) is 0 Å². The topological polar surface area (TPSA) is 78.4 Å². The van der Waals surface area contributed by atoms with Crippen molar-refractivity contribution in [2.45, 2.75) is 51.2 Å². The second-order valence-electron chi connectivity index (χ2n) is 6.54. The van der Waals surface area contributed by atoms with Crippen molar-refractivity contribution in [2.24, 2.45) is 0 Å². The average Bonchev–Trinajstić information content (AvgIpc) is 3.26. The van der Waals surface area contributed by atoms with E-state index in [9.17, 15) is 14.7 Å². The summed E-state index contributed by atoms with van der Waals surface area (Å²) < 4.78 is 0. The third-order valence-electron chi connectivity index (χ3n) is 3.57. The van der Waals surface area contributed by atoms with E-state index in [2.05, 4.69) is 10.6 Å². The van der Waals surface area contributed by atoms with Crippen molar-refractivity contribution < 1.29 is 14.7 Å². The van der Waals surface area contributed by atoms with Crippen LogP contribution in [0.25, 0.3) is 0 Å². The lowest BCUT2D eigenvalue weighted by Gasteiger charge is -2.16. The van der Waals surface area contributed by atoms with Crippen LogP contribution in [0.2, 0.25) is 0 Å². The van der Waals surface area contributed by atoms with Gasteiger partial charge in [0.1, 0.15) is 0 Å². The Kier molecular flexibility index (Phi) is 5.19. The molecule has 0 atom stereocenters. The largest absolute Gasteiger partial charge is 0.390 e. The summed E-state index contributed by atoms with van der Waals surface area (Å²) in [5.74, 6) is -0.398. The summed E-state index contributed by atoms with van der Waals surface area (Å²) in [7, 11) is 0. The van der Waals surface area contributed by atoms with E-state index in [-0.39, 0.29) is 18.4 Å². The van der Waals surface area contributed by atoms with Crippen molar-refractivity contribution in [1.82, 2.24) is 10.6 Å². The zero-order valence-electron chi connectivity index (χ0n) is 13.2. The molecule has 2 amide bonds. The maximum atomic E-state index is 12.1. The molecule has 0 heterocycles. The number of hydrogen-bond acceptors (Lipinski definition) is 3. The highest BCUT2D eigenvalue weighted by atomic mass is 16.3. The third-order valence-corrected chi connectivity index (χ3v) is 3.57. The molecule has 3 N–H and O–H groups in total. The van der Waals surface area contributed by atoms with Crippen LogP contribution in [0.5, 0.6) is 0 Å². The summed E-state index contributed by atoms with van der Waals surface area (Å²) in [6.07, 6.45) is 3.39. The van der Waals surface area contributed by atoms with Crippen LogP contribution in [-0.2, 0) is 11.2 Å². The Labute approximate surface area is 131 Å². The maximum absolute atomic E-state index is 12.1. The van der Waals surface area contributed by atoms with Crippen LogP contribution in [0, 0.1) is 0 Å². The van der Waals surface area contributed by atoms with Crippen LogP contribution in [-0.4, -0.2) is 35.1 Å². The van der Waals surface area contributed by atoms with Crippen LogP contribution in [0.15, 0.2) is 24.3 Å². The van der Waals surface area contributed by atoms with Gasteiger partial charge in [0.2, 0.25) is 5.91 Å². The maximum Gasteiger partial charge on any atom is 0.251 e. The molecule has 1 aliphatic rings. The lowest BCUT2D eigenvalue weighted by atomic mass is 9.98. The Bertz CT molecular complexity index is 545. The first-order valence-electron chi connectivity index (χ1n) is 7.72. The average molecular weight is 304 g/mol. The van der Waals surface area contributed by atoms with Gasteiger partial charge in [0.25, 0.3) is 5.91 Å².